The molecular formula is C22H27N5O2S. The Morgan fingerprint density at radius 2 is 2.07 bits per heavy atom. The maximum absolute atomic E-state index is 13.1. The highest BCUT2D eigenvalue weighted by atomic mass is 32.2. The van der Waals surface area contributed by atoms with Crippen molar-refractivity contribution in [1.29, 1.82) is 0 Å². The van der Waals surface area contributed by atoms with E-state index in [1.165, 1.54) is 11.8 Å². The van der Waals surface area contributed by atoms with Crippen LogP contribution in [0.4, 0.5) is 0 Å². The second-order valence-corrected chi connectivity index (χ2v) is 8.95. The van der Waals surface area contributed by atoms with Crippen molar-refractivity contribution in [2.45, 2.75) is 63.0 Å². The zero-order chi connectivity index (χ0) is 21.1. The number of Topliss-reactive ketones (excluding diaryl/α,β-unsaturated/α-hetero) is 1. The number of amides is 1. The van der Waals surface area contributed by atoms with E-state index in [1.807, 2.05) is 47.6 Å². The van der Waals surface area contributed by atoms with Crippen molar-refractivity contribution in [3.63, 3.8) is 0 Å². The lowest BCUT2D eigenvalue weighted by atomic mass is 10.1. The number of thioether (sulfide) groups is 1. The van der Waals surface area contributed by atoms with E-state index >= 15 is 0 Å². The van der Waals surface area contributed by atoms with Gasteiger partial charge in [0.15, 0.2) is 16.8 Å². The second kappa shape index (κ2) is 9.04. The van der Waals surface area contributed by atoms with Crippen molar-refractivity contribution in [3.05, 3.63) is 41.9 Å². The molecule has 7 nitrogen and oxygen atoms in total. The average Bonchev–Trinajstić information content (AvgIpc) is 3.29. The van der Waals surface area contributed by atoms with Crippen LogP contribution in [0.5, 0.6) is 0 Å². The summed E-state index contributed by atoms with van der Waals surface area (Å²) >= 11 is 1.42. The summed E-state index contributed by atoms with van der Waals surface area (Å²) in [6, 6.07) is 7.82. The molecule has 2 aromatic heterocycles. The minimum absolute atomic E-state index is 0.0624. The van der Waals surface area contributed by atoms with Gasteiger partial charge in [0, 0.05) is 42.2 Å². The van der Waals surface area contributed by atoms with Crippen molar-refractivity contribution >= 4 is 34.4 Å². The van der Waals surface area contributed by atoms with E-state index in [2.05, 4.69) is 15.2 Å². The number of carbonyl (C=O) groups is 2. The smallest absolute Gasteiger partial charge is 0.222 e. The van der Waals surface area contributed by atoms with Crippen molar-refractivity contribution in [2.75, 3.05) is 6.54 Å². The van der Waals surface area contributed by atoms with E-state index in [1.54, 1.807) is 6.20 Å². The molecule has 30 heavy (non-hydrogen) atoms. The maximum atomic E-state index is 13.1. The minimum atomic E-state index is -0.300. The van der Waals surface area contributed by atoms with E-state index in [-0.39, 0.29) is 16.9 Å². The van der Waals surface area contributed by atoms with E-state index in [4.69, 9.17) is 0 Å². The zero-order valence-corrected chi connectivity index (χ0v) is 18.2. The highest BCUT2D eigenvalue weighted by Gasteiger charge is 2.24. The summed E-state index contributed by atoms with van der Waals surface area (Å²) in [7, 11) is 0. The summed E-state index contributed by atoms with van der Waals surface area (Å²) in [6.07, 6.45) is 5.48. The van der Waals surface area contributed by atoms with Gasteiger partial charge >= 0.3 is 0 Å². The molecule has 0 radical (unpaired) electrons. The number of nitrogens with zero attached hydrogens (tertiary/aromatic N) is 4. The van der Waals surface area contributed by atoms with Gasteiger partial charge in [-0.15, -0.1) is 10.2 Å². The Balaban J connectivity index is 1.50. The first-order chi connectivity index (χ1) is 14.6. The van der Waals surface area contributed by atoms with Crippen molar-refractivity contribution in [2.24, 2.45) is 0 Å². The van der Waals surface area contributed by atoms with Crippen LogP contribution in [0.1, 0.15) is 55.7 Å². The van der Waals surface area contributed by atoms with Gasteiger partial charge in [-0.3, -0.25) is 9.59 Å². The summed E-state index contributed by atoms with van der Waals surface area (Å²) in [5, 5.41) is 10.1. The predicted molar refractivity (Wildman–Crippen MR) is 118 cm³/mol. The third kappa shape index (κ3) is 4.14. The number of aromatic amines is 1. The van der Waals surface area contributed by atoms with Crippen molar-refractivity contribution in [3.8, 4) is 0 Å². The molecule has 1 fully saturated rings. The van der Waals surface area contributed by atoms with E-state index in [0.717, 1.165) is 47.7 Å². The Morgan fingerprint density at radius 1 is 1.23 bits per heavy atom. The first kappa shape index (κ1) is 20.7. The lowest BCUT2D eigenvalue weighted by Crippen LogP contribution is -2.31. The second-order valence-electron chi connectivity index (χ2n) is 7.64. The van der Waals surface area contributed by atoms with E-state index < -0.39 is 0 Å². The van der Waals surface area contributed by atoms with Crippen molar-refractivity contribution in [1.82, 2.24) is 24.6 Å². The Hall–Kier alpha value is -2.61. The SMILES string of the molecule is CCn1c(CN2CCCCCC2=O)nnc1S[C@H](C)C(=O)c1c[nH]c2ccccc12. The van der Waals surface area contributed by atoms with E-state index in [9.17, 15) is 9.59 Å². The molecular weight excluding hydrogens is 398 g/mol. The lowest BCUT2D eigenvalue weighted by Gasteiger charge is -2.20. The molecule has 0 aliphatic carbocycles. The topological polar surface area (TPSA) is 83.9 Å². The summed E-state index contributed by atoms with van der Waals surface area (Å²) in [5.41, 5.74) is 1.66. The Kier molecular flexibility index (Phi) is 6.22. The molecule has 0 spiro atoms. The van der Waals surface area contributed by atoms with Crippen LogP contribution in [0.15, 0.2) is 35.6 Å². The van der Waals surface area contributed by atoms with E-state index in [0.29, 0.717) is 25.1 Å². The third-order valence-corrected chi connectivity index (χ3v) is 6.70. The van der Waals surface area contributed by atoms with Gasteiger partial charge in [0.2, 0.25) is 5.91 Å². The monoisotopic (exact) mass is 425 g/mol. The molecule has 1 aliphatic heterocycles. The van der Waals surface area contributed by atoms with Crippen LogP contribution in [0.3, 0.4) is 0 Å². The Labute approximate surface area is 180 Å². The van der Waals surface area contributed by atoms with Gasteiger partial charge in [0.25, 0.3) is 0 Å². The Bertz CT molecular complexity index is 1060. The molecule has 1 N–H and O–H groups in total. The molecule has 1 aromatic carbocycles. The number of nitrogens with one attached hydrogen (secondary N) is 1. The van der Waals surface area contributed by atoms with Crippen molar-refractivity contribution < 1.29 is 9.59 Å². The first-order valence-electron chi connectivity index (χ1n) is 10.5. The fraction of sp³-hybridized carbons (Fsp3) is 0.455. The molecule has 3 heterocycles. The highest BCUT2D eigenvalue weighted by Crippen LogP contribution is 2.28. The van der Waals surface area contributed by atoms with Crippen LogP contribution in [0.25, 0.3) is 10.9 Å². The predicted octanol–water partition coefficient (Wildman–Crippen LogP) is 4.05. The quantitative estimate of drug-likeness (QED) is 0.456. The molecule has 1 saturated heterocycles. The van der Waals surface area contributed by atoms with Gasteiger partial charge in [0.1, 0.15) is 0 Å². The molecule has 0 unspecified atom stereocenters. The normalized spacial score (nSPS) is 16.1. The summed E-state index contributed by atoms with van der Waals surface area (Å²) < 4.78 is 2.02. The molecule has 4 rings (SSSR count). The summed E-state index contributed by atoms with van der Waals surface area (Å²) in [4.78, 5) is 30.5. The number of likely N-dealkylation sites (tertiary alicyclic amines) is 1. The van der Waals surface area contributed by atoms with Crippen LogP contribution in [-0.2, 0) is 17.9 Å². The van der Waals surface area contributed by atoms with Crippen LogP contribution in [-0.4, -0.2) is 48.1 Å². The van der Waals surface area contributed by atoms with Gasteiger partial charge in [-0.1, -0.05) is 36.4 Å². The van der Waals surface area contributed by atoms with Crippen LogP contribution >= 0.6 is 11.8 Å². The van der Waals surface area contributed by atoms with Gasteiger partial charge in [0.05, 0.1) is 11.8 Å². The number of H-pyrrole nitrogens is 1. The molecule has 0 saturated carbocycles. The number of benzene rings is 1. The molecule has 8 heteroatoms. The number of hydrogen-bond acceptors (Lipinski definition) is 5. The molecule has 158 valence electrons. The standard InChI is InChI=1S/C22H27N5O2S/c1-3-27-19(14-26-12-8-4-5-11-20(26)28)24-25-22(27)30-15(2)21(29)17-13-23-18-10-7-6-9-16(17)18/h6-7,9-10,13,15,23H,3-5,8,11-12,14H2,1-2H3/t15-/m1/s1. The number of carbonyl (C=O) groups excluding carboxylic acids is 2. The fourth-order valence-corrected chi connectivity index (χ4v) is 4.92. The average molecular weight is 426 g/mol. The zero-order valence-electron chi connectivity index (χ0n) is 17.4. The van der Waals surface area contributed by atoms with Gasteiger partial charge < -0.3 is 14.5 Å². The van der Waals surface area contributed by atoms with Crippen LogP contribution in [0.2, 0.25) is 0 Å². The molecule has 1 aliphatic rings. The van der Waals surface area contributed by atoms with Crippen LogP contribution < -0.4 is 0 Å². The van der Waals surface area contributed by atoms with Gasteiger partial charge in [-0.25, -0.2) is 0 Å². The fourth-order valence-electron chi connectivity index (χ4n) is 3.92. The summed E-state index contributed by atoms with van der Waals surface area (Å²) in [5.74, 6) is 1.03. The van der Waals surface area contributed by atoms with Gasteiger partial charge in [-0.05, 0) is 32.8 Å². The van der Waals surface area contributed by atoms with Crippen LogP contribution in [0, 0.1) is 0 Å². The first-order valence-corrected chi connectivity index (χ1v) is 11.4. The molecule has 1 amide bonds. The molecule has 0 bridgehead atoms. The Morgan fingerprint density at radius 3 is 2.90 bits per heavy atom. The lowest BCUT2D eigenvalue weighted by molar-refractivity contribution is -0.131. The summed E-state index contributed by atoms with van der Waals surface area (Å²) in [6.45, 7) is 5.88. The number of aromatic nitrogens is 4. The molecule has 1 atom stereocenters. The number of rotatable bonds is 7. The number of fused-ring (bicyclic) bond motifs is 1. The minimum Gasteiger partial charge on any atom is -0.360 e. The molecule has 3 aromatic rings. The third-order valence-electron chi connectivity index (χ3n) is 5.62. The number of ketones is 1. The number of para-hydroxylation sites is 1. The highest BCUT2D eigenvalue weighted by molar-refractivity contribution is 8.00. The number of hydrogen-bond donors (Lipinski definition) is 1. The largest absolute Gasteiger partial charge is 0.360 e. The van der Waals surface area contributed by atoms with Gasteiger partial charge in [-0.2, -0.15) is 0 Å². The maximum Gasteiger partial charge on any atom is 0.222 e.